The van der Waals surface area contributed by atoms with Gasteiger partial charge < -0.3 is 0 Å². The molecule has 0 N–H and O–H groups in total. The maximum atomic E-state index is 2.35. The van der Waals surface area contributed by atoms with Crippen molar-refractivity contribution in [1.29, 1.82) is 0 Å². The van der Waals surface area contributed by atoms with Crippen molar-refractivity contribution >= 4 is 95.3 Å². The average molecular weight is 605 g/mol. The van der Waals surface area contributed by atoms with Crippen molar-refractivity contribution in [2.24, 2.45) is 0 Å². The molecular weight excluding hydrogens is 569 g/mol. The van der Waals surface area contributed by atoms with Crippen molar-refractivity contribution in [2.45, 2.75) is 41.5 Å². The Morgan fingerprint density at radius 1 is 0.341 bits per heavy atom. The van der Waals surface area contributed by atoms with Crippen LogP contribution in [0, 0.1) is 27.7 Å². The van der Waals surface area contributed by atoms with Crippen LogP contribution in [0.4, 0.5) is 0 Å². The largest absolute Gasteiger partial charge is 0.135 e. The second-order valence-corrected chi connectivity index (χ2v) is 13.7. The summed E-state index contributed by atoms with van der Waals surface area (Å²) in [4.78, 5) is 0. The van der Waals surface area contributed by atoms with Gasteiger partial charge in [0.1, 0.15) is 0 Å². The number of hydrogen-bond acceptors (Lipinski definition) is 2. The standard InChI is InChI=1S/C22H16S.C18H14S.C2H6/c1-13-11-19-21(17-9-5-3-7-15(13)17)22-18-10-6-4-8-16(18)14(2)12-20(22)23-19;1-11-7-8-15-16(9-11)19-17-10-12(2)13-5-3-4-6-14(13)18(15)17;1-2/h3-12H,1-2H3;3-10H,1-2H3;1-2H3. The SMILES string of the molecule is CC.Cc1cc2sc3cc(C)c4ccccc4c3c2c2ccccc12.Cc1ccc2c(c1)sc1cc(C)c3ccccc3c12. The molecule has 44 heavy (non-hydrogen) atoms. The van der Waals surface area contributed by atoms with Gasteiger partial charge in [-0.05, 0) is 107 Å². The van der Waals surface area contributed by atoms with E-state index in [1.165, 1.54) is 94.9 Å². The van der Waals surface area contributed by atoms with Crippen molar-refractivity contribution in [3.05, 3.63) is 131 Å². The molecule has 0 fully saturated rings. The monoisotopic (exact) mass is 604 g/mol. The molecule has 0 amide bonds. The zero-order valence-electron chi connectivity index (χ0n) is 26.2. The Morgan fingerprint density at radius 2 is 0.705 bits per heavy atom. The molecule has 2 aromatic heterocycles. The molecule has 0 atom stereocenters. The highest BCUT2D eigenvalue weighted by Gasteiger charge is 2.14. The van der Waals surface area contributed by atoms with Gasteiger partial charge in [-0.15, -0.1) is 22.7 Å². The Balaban J connectivity index is 0.000000137. The second kappa shape index (κ2) is 11.4. The molecule has 0 aliphatic rings. The van der Waals surface area contributed by atoms with E-state index < -0.39 is 0 Å². The van der Waals surface area contributed by atoms with E-state index in [0.717, 1.165) is 0 Å². The van der Waals surface area contributed by atoms with Crippen LogP contribution in [0.1, 0.15) is 36.1 Å². The van der Waals surface area contributed by atoms with Crippen LogP contribution in [0.15, 0.2) is 109 Å². The van der Waals surface area contributed by atoms with Gasteiger partial charge in [-0.2, -0.15) is 0 Å². The van der Waals surface area contributed by atoms with E-state index in [2.05, 4.69) is 137 Å². The fourth-order valence-electron chi connectivity index (χ4n) is 6.77. The number of rotatable bonds is 0. The third-order valence-electron chi connectivity index (χ3n) is 8.74. The summed E-state index contributed by atoms with van der Waals surface area (Å²) in [5.74, 6) is 0. The van der Waals surface area contributed by atoms with E-state index in [0.29, 0.717) is 0 Å². The number of hydrogen-bond donors (Lipinski definition) is 0. The quantitative estimate of drug-likeness (QED) is 0.161. The van der Waals surface area contributed by atoms with Crippen LogP contribution >= 0.6 is 22.7 Å². The molecular formula is C42H36S2. The Bertz CT molecular complexity index is 2410. The summed E-state index contributed by atoms with van der Waals surface area (Å²) >= 11 is 3.82. The third-order valence-corrected chi connectivity index (χ3v) is 10.9. The maximum Gasteiger partial charge on any atom is 0.0364 e. The number of aryl methyl sites for hydroxylation is 4. The van der Waals surface area contributed by atoms with Crippen LogP contribution in [0.25, 0.3) is 72.7 Å². The Labute approximate surface area is 267 Å². The second-order valence-electron chi connectivity index (χ2n) is 11.5. The highest BCUT2D eigenvalue weighted by molar-refractivity contribution is 7.26. The first-order chi connectivity index (χ1) is 21.5. The normalized spacial score (nSPS) is 11.4. The summed E-state index contributed by atoms with van der Waals surface area (Å²) in [6.45, 7) is 12.8. The molecule has 0 nitrogen and oxygen atoms in total. The van der Waals surface area contributed by atoms with Gasteiger partial charge in [0.15, 0.2) is 0 Å². The lowest BCUT2D eigenvalue weighted by Gasteiger charge is -2.07. The number of benzene rings is 7. The Hall–Kier alpha value is -4.24. The van der Waals surface area contributed by atoms with Crippen LogP contribution in [-0.4, -0.2) is 0 Å². The van der Waals surface area contributed by atoms with Crippen molar-refractivity contribution in [3.8, 4) is 0 Å². The van der Waals surface area contributed by atoms with Gasteiger partial charge in [0.25, 0.3) is 0 Å². The predicted octanol–water partition coefficient (Wildman–Crippen LogP) is 13.8. The van der Waals surface area contributed by atoms with E-state index in [1.54, 1.807) is 0 Å². The highest BCUT2D eigenvalue weighted by Crippen LogP contribution is 2.44. The minimum absolute atomic E-state index is 1.33. The smallest absolute Gasteiger partial charge is 0.0364 e. The molecule has 9 rings (SSSR count). The van der Waals surface area contributed by atoms with Gasteiger partial charge in [0, 0.05) is 40.3 Å². The molecule has 9 aromatic rings. The Kier molecular flexibility index (Phi) is 7.36. The zero-order chi connectivity index (χ0) is 30.5. The van der Waals surface area contributed by atoms with Crippen LogP contribution in [0.2, 0.25) is 0 Å². The predicted molar refractivity (Wildman–Crippen MR) is 201 cm³/mol. The maximum absolute atomic E-state index is 2.35. The summed E-state index contributed by atoms with van der Waals surface area (Å²) in [5, 5.41) is 13.9. The van der Waals surface area contributed by atoms with E-state index in [1.807, 2.05) is 36.5 Å². The summed E-state index contributed by atoms with van der Waals surface area (Å²) in [7, 11) is 0. The summed E-state index contributed by atoms with van der Waals surface area (Å²) < 4.78 is 5.58. The molecule has 2 heterocycles. The van der Waals surface area contributed by atoms with Gasteiger partial charge in [-0.25, -0.2) is 0 Å². The van der Waals surface area contributed by atoms with Gasteiger partial charge >= 0.3 is 0 Å². The fourth-order valence-corrected chi connectivity index (χ4v) is 9.42. The first kappa shape index (κ1) is 28.5. The molecule has 0 bridgehead atoms. The van der Waals surface area contributed by atoms with E-state index in [-0.39, 0.29) is 0 Å². The molecule has 0 radical (unpaired) electrons. The van der Waals surface area contributed by atoms with E-state index in [9.17, 15) is 0 Å². The van der Waals surface area contributed by atoms with Gasteiger partial charge in [0.05, 0.1) is 0 Å². The first-order valence-corrected chi connectivity index (χ1v) is 17.2. The van der Waals surface area contributed by atoms with Gasteiger partial charge in [-0.3, -0.25) is 0 Å². The molecule has 0 spiro atoms. The minimum atomic E-state index is 1.33. The van der Waals surface area contributed by atoms with Crippen molar-refractivity contribution in [2.75, 3.05) is 0 Å². The Morgan fingerprint density at radius 3 is 1.16 bits per heavy atom. The number of thiophene rings is 2. The van der Waals surface area contributed by atoms with Crippen LogP contribution in [0.5, 0.6) is 0 Å². The molecule has 0 unspecified atom stereocenters. The van der Waals surface area contributed by atoms with Gasteiger partial charge in [-0.1, -0.05) is 98.8 Å². The lowest BCUT2D eigenvalue weighted by Crippen LogP contribution is -1.82. The zero-order valence-corrected chi connectivity index (χ0v) is 27.8. The highest BCUT2D eigenvalue weighted by atomic mass is 32.1. The summed E-state index contributed by atoms with van der Waals surface area (Å²) in [5.41, 5.74) is 5.42. The topological polar surface area (TPSA) is 0 Å². The van der Waals surface area contributed by atoms with Crippen molar-refractivity contribution < 1.29 is 0 Å². The molecule has 7 aromatic carbocycles. The van der Waals surface area contributed by atoms with E-state index >= 15 is 0 Å². The molecule has 0 aliphatic carbocycles. The van der Waals surface area contributed by atoms with Crippen LogP contribution in [-0.2, 0) is 0 Å². The van der Waals surface area contributed by atoms with Crippen LogP contribution in [0.3, 0.4) is 0 Å². The lowest BCUT2D eigenvalue weighted by molar-refractivity contribution is 1.50. The fraction of sp³-hybridized carbons (Fsp3) is 0.143. The van der Waals surface area contributed by atoms with Crippen LogP contribution < -0.4 is 0 Å². The number of fused-ring (bicyclic) bond motifs is 12. The van der Waals surface area contributed by atoms with Crippen molar-refractivity contribution in [3.63, 3.8) is 0 Å². The molecule has 0 aliphatic heterocycles. The lowest BCUT2D eigenvalue weighted by atomic mass is 9.96. The molecule has 0 saturated carbocycles. The summed E-state index contributed by atoms with van der Waals surface area (Å²) in [6, 6.07) is 40.1. The van der Waals surface area contributed by atoms with E-state index in [4.69, 9.17) is 0 Å². The molecule has 216 valence electrons. The first-order valence-electron chi connectivity index (χ1n) is 15.5. The minimum Gasteiger partial charge on any atom is -0.135 e. The van der Waals surface area contributed by atoms with Crippen molar-refractivity contribution in [1.82, 2.24) is 0 Å². The van der Waals surface area contributed by atoms with Gasteiger partial charge in [0.2, 0.25) is 0 Å². The average Bonchev–Trinajstić information content (AvgIpc) is 3.60. The summed E-state index contributed by atoms with van der Waals surface area (Å²) in [6.07, 6.45) is 0. The third kappa shape index (κ3) is 4.56. The molecule has 0 saturated heterocycles. The molecule has 2 heteroatoms.